The molecule has 0 saturated carbocycles. The number of hydrazine groups is 1. The summed E-state index contributed by atoms with van der Waals surface area (Å²) in [6.45, 7) is 0. The summed E-state index contributed by atoms with van der Waals surface area (Å²) in [5, 5.41) is 42.0. The topological polar surface area (TPSA) is 208 Å². The number of carbonyl (C=O) groups is 2. The highest BCUT2D eigenvalue weighted by Crippen LogP contribution is 2.29. The lowest BCUT2D eigenvalue weighted by molar-refractivity contribution is -0.393. The highest BCUT2D eigenvalue weighted by Gasteiger charge is 2.28. The number of nitrogens with one attached hydrogen (secondary N) is 2. The van der Waals surface area contributed by atoms with Gasteiger partial charge in [-0.15, -0.1) is 0 Å². The van der Waals surface area contributed by atoms with Crippen molar-refractivity contribution >= 4 is 34.6 Å². The van der Waals surface area contributed by atoms with Crippen molar-refractivity contribution in [3.8, 4) is 0 Å². The number of carboxylic acids is 1. The third-order valence-electron chi connectivity index (χ3n) is 3.40. The zero-order valence-corrected chi connectivity index (χ0v) is 13.5. The monoisotopic (exact) mass is 391 g/mol. The Bertz CT molecular complexity index is 988. The van der Waals surface area contributed by atoms with Crippen LogP contribution < -0.4 is 10.9 Å². The van der Waals surface area contributed by atoms with Gasteiger partial charge >= 0.3 is 11.7 Å². The fourth-order valence-electron chi connectivity index (χ4n) is 2.19. The van der Waals surface area contributed by atoms with Crippen molar-refractivity contribution < 1.29 is 29.5 Å². The number of amides is 1. The van der Waals surface area contributed by atoms with Crippen molar-refractivity contribution in [2.75, 3.05) is 5.43 Å². The van der Waals surface area contributed by atoms with Gasteiger partial charge in [-0.1, -0.05) is 6.07 Å². The summed E-state index contributed by atoms with van der Waals surface area (Å²) in [5.41, 5.74) is 0.106. The summed E-state index contributed by atoms with van der Waals surface area (Å²) in [4.78, 5) is 53.6. The van der Waals surface area contributed by atoms with Crippen LogP contribution in [0.25, 0.3) is 0 Å². The van der Waals surface area contributed by atoms with Gasteiger partial charge in [-0.05, 0) is 12.1 Å². The second-order valence-corrected chi connectivity index (χ2v) is 5.06. The fourth-order valence-corrected chi connectivity index (χ4v) is 2.19. The number of benzene rings is 2. The van der Waals surface area contributed by atoms with Crippen molar-refractivity contribution in [1.82, 2.24) is 5.43 Å². The van der Waals surface area contributed by atoms with Gasteiger partial charge in [-0.25, -0.2) is 4.79 Å². The SMILES string of the molecule is O=C(O)c1cccc([N+](=O)[O-])c1C(=O)NNc1ccc([N+](=O)[O-])cc1[N+](=O)[O-]. The van der Waals surface area contributed by atoms with Crippen LogP contribution in [0.5, 0.6) is 0 Å². The Hall–Kier alpha value is -4.62. The molecule has 28 heavy (non-hydrogen) atoms. The van der Waals surface area contributed by atoms with Crippen molar-refractivity contribution in [2.24, 2.45) is 0 Å². The normalized spacial score (nSPS) is 10.0. The third kappa shape index (κ3) is 3.96. The van der Waals surface area contributed by atoms with Gasteiger partial charge < -0.3 is 5.11 Å². The number of carboxylic acid groups (broad SMARTS) is 1. The van der Waals surface area contributed by atoms with Crippen LogP contribution in [0.4, 0.5) is 22.7 Å². The minimum absolute atomic E-state index is 0.362. The molecule has 0 unspecified atom stereocenters. The molecule has 14 heteroatoms. The predicted molar refractivity (Wildman–Crippen MR) is 90.9 cm³/mol. The predicted octanol–water partition coefficient (Wildman–Crippen LogP) is 1.87. The Morgan fingerprint density at radius 1 is 0.893 bits per heavy atom. The first-order chi connectivity index (χ1) is 13.1. The van der Waals surface area contributed by atoms with Crippen molar-refractivity contribution in [2.45, 2.75) is 0 Å². The molecule has 0 spiro atoms. The highest BCUT2D eigenvalue weighted by atomic mass is 16.6. The van der Waals surface area contributed by atoms with Crippen LogP contribution in [0.2, 0.25) is 0 Å². The van der Waals surface area contributed by atoms with Crippen LogP contribution in [0.1, 0.15) is 20.7 Å². The van der Waals surface area contributed by atoms with Crippen LogP contribution in [-0.4, -0.2) is 31.8 Å². The number of aromatic carboxylic acids is 1. The summed E-state index contributed by atoms with van der Waals surface area (Å²) >= 11 is 0. The molecule has 144 valence electrons. The molecule has 3 N–H and O–H groups in total. The Morgan fingerprint density at radius 2 is 1.54 bits per heavy atom. The average Bonchev–Trinajstić information content (AvgIpc) is 2.64. The maximum absolute atomic E-state index is 12.3. The molecule has 0 aromatic heterocycles. The molecule has 0 saturated heterocycles. The second kappa shape index (κ2) is 7.73. The van der Waals surface area contributed by atoms with E-state index in [0.717, 1.165) is 30.3 Å². The molecule has 0 aliphatic rings. The number of nitro groups is 3. The minimum atomic E-state index is -1.60. The summed E-state index contributed by atoms with van der Waals surface area (Å²) in [5.74, 6) is -2.85. The number of rotatable bonds is 7. The Balaban J connectivity index is 2.38. The van der Waals surface area contributed by atoms with Gasteiger partial charge in [-0.3, -0.25) is 46.0 Å². The molecular formula is C14H9N5O9. The second-order valence-electron chi connectivity index (χ2n) is 5.06. The zero-order chi connectivity index (χ0) is 21.0. The summed E-state index contributed by atoms with van der Waals surface area (Å²) in [6, 6.07) is 5.46. The number of carbonyl (C=O) groups excluding carboxylic acids is 1. The molecular weight excluding hydrogens is 382 g/mol. The Kier molecular flexibility index (Phi) is 5.44. The minimum Gasteiger partial charge on any atom is -0.478 e. The summed E-state index contributed by atoms with van der Waals surface area (Å²) in [6.07, 6.45) is 0. The van der Waals surface area contributed by atoms with E-state index in [0.29, 0.717) is 6.07 Å². The number of anilines is 1. The van der Waals surface area contributed by atoms with E-state index >= 15 is 0 Å². The van der Waals surface area contributed by atoms with E-state index in [4.69, 9.17) is 5.11 Å². The van der Waals surface area contributed by atoms with Crippen molar-refractivity contribution in [3.05, 3.63) is 77.9 Å². The molecule has 0 heterocycles. The number of nitro benzene ring substituents is 3. The van der Waals surface area contributed by atoms with Gasteiger partial charge in [0, 0.05) is 12.1 Å². The van der Waals surface area contributed by atoms with Crippen LogP contribution in [0, 0.1) is 30.3 Å². The van der Waals surface area contributed by atoms with Crippen molar-refractivity contribution in [1.29, 1.82) is 0 Å². The van der Waals surface area contributed by atoms with E-state index in [1.165, 1.54) is 0 Å². The van der Waals surface area contributed by atoms with Gasteiger partial charge in [-0.2, -0.15) is 0 Å². The zero-order valence-electron chi connectivity index (χ0n) is 13.5. The smallest absolute Gasteiger partial charge is 0.336 e. The van der Waals surface area contributed by atoms with E-state index in [1.807, 2.05) is 5.43 Å². The Labute approximate surface area is 153 Å². The molecule has 1 amide bonds. The van der Waals surface area contributed by atoms with E-state index in [2.05, 4.69) is 5.43 Å². The van der Waals surface area contributed by atoms with Gasteiger partial charge in [0.2, 0.25) is 0 Å². The van der Waals surface area contributed by atoms with Gasteiger partial charge in [0.15, 0.2) is 0 Å². The molecule has 2 aromatic rings. The van der Waals surface area contributed by atoms with Gasteiger partial charge in [0.25, 0.3) is 17.3 Å². The molecule has 0 radical (unpaired) electrons. The average molecular weight is 391 g/mol. The first-order valence-electron chi connectivity index (χ1n) is 7.13. The molecule has 2 aromatic carbocycles. The summed E-state index contributed by atoms with van der Waals surface area (Å²) in [7, 11) is 0. The van der Waals surface area contributed by atoms with Crippen LogP contribution in [0.3, 0.4) is 0 Å². The maximum Gasteiger partial charge on any atom is 0.336 e. The Morgan fingerprint density at radius 3 is 2.07 bits per heavy atom. The first-order valence-corrected chi connectivity index (χ1v) is 7.13. The van der Waals surface area contributed by atoms with Crippen LogP contribution in [-0.2, 0) is 0 Å². The molecule has 14 nitrogen and oxygen atoms in total. The molecule has 0 bridgehead atoms. The largest absolute Gasteiger partial charge is 0.478 e. The molecule has 0 atom stereocenters. The molecule has 0 aliphatic carbocycles. The molecule has 2 rings (SSSR count). The number of hydrogen-bond donors (Lipinski definition) is 3. The van der Waals surface area contributed by atoms with Crippen molar-refractivity contribution in [3.63, 3.8) is 0 Å². The fraction of sp³-hybridized carbons (Fsp3) is 0. The number of non-ortho nitro benzene ring substituents is 1. The van der Waals surface area contributed by atoms with Gasteiger partial charge in [0.1, 0.15) is 11.3 Å². The lowest BCUT2D eigenvalue weighted by Gasteiger charge is -2.10. The van der Waals surface area contributed by atoms with Crippen LogP contribution >= 0.6 is 0 Å². The van der Waals surface area contributed by atoms with E-state index < -0.39 is 54.8 Å². The first kappa shape index (κ1) is 19.7. The van der Waals surface area contributed by atoms with E-state index in [9.17, 15) is 39.9 Å². The lowest BCUT2D eigenvalue weighted by atomic mass is 10.0. The number of hydrogen-bond acceptors (Lipinski definition) is 9. The quantitative estimate of drug-likeness (QED) is 0.460. The van der Waals surface area contributed by atoms with Crippen LogP contribution in [0.15, 0.2) is 36.4 Å². The third-order valence-corrected chi connectivity index (χ3v) is 3.40. The van der Waals surface area contributed by atoms with Gasteiger partial charge in [0.05, 0.1) is 26.4 Å². The number of nitrogens with zero attached hydrogens (tertiary/aromatic N) is 3. The maximum atomic E-state index is 12.3. The van der Waals surface area contributed by atoms with E-state index in [1.54, 1.807) is 0 Å². The molecule has 0 aliphatic heterocycles. The van der Waals surface area contributed by atoms with E-state index in [-0.39, 0.29) is 5.69 Å². The lowest BCUT2D eigenvalue weighted by Crippen LogP contribution is -2.31. The summed E-state index contributed by atoms with van der Waals surface area (Å²) < 4.78 is 0. The molecule has 0 fully saturated rings. The highest BCUT2D eigenvalue weighted by molar-refractivity contribution is 6.08. The standard InChI is InChI=1S/C14H9N5O9/c20-13(12-8(14(21)22)2-1-3-10(12)18(25)26)16-15-9-5-4-7(17(23)24)6-11(9)19(27)28/h1-6,15H,(H,16,20)(H,21,22).